The molecule has 1 aromatic heterocycles. The lowest BCUT2D eigenvalue weighted by Crippen LogP contribution is -2.46. The number of rotatable bonds is 5. The summed E-state index contributed by atoms with van der Waals surface area (Å²) in [5.74, 6) is -0.0178. The average molecular weight is 328 g/mol. The highest BCUT2D eigenvalue weighted by molar-refractivity contribution is 6.01. The summed E-state index contributed by atoms with van der Waals surface area (Å²) in [5.41, 5.74) is 0.539. The van der Waals surface area contributed by atoms with Crippen LogP contribution in [0.15, 0.2) is 47.1 Å². The molecule has 24 heavy (non-hydrogen) atoms. The van der Waals surface area contributed by atoms with Gasteiger partial charge in [0.25, 0.3) is 0 Å². The van der Waals surface area contributed by atoms with Gasteiger partial charge < -0.3 is 19.7 Å². The lowest BCUT2D eigenvalue weighted by Gasteiger charge is -2.29. The van der Waals surface area contributed by atoms with Gasteiger partial charge in [0.05, 0.1) is 12.8 Å². The highest BCUT2D eigenvalue weighted by Crippen LogP contribution is 2.27. The Morgan fingerprint density at radius 3 is 2.83 bits per heavy atom. The molecule has 2 N–H and O–H groups in total. The zero-order valence-corrected chi connectivity index (χ0v) is 13.5. The van der Waals surface area contributed by atoms with Gasteiger partial charge in [-0.05, 0) is 37.1 Å². The summed E-state index contributed by atoms with van der Waals surface area (Å²) in [4.78, 5) is 25.9. The summed E-state index contributed by atoms with van der Waals surface area (Å²) in [7, 11) is 0. The van der Waals surface area contributed by atoms with Crippen molar-refractivity contribution in [2.45, 2.75) is 25.4 Å². The molecular weight excluding hydrogens is 308 g/mol. The smallest absolute Gasteiger partial charge is 0.240 e. The zero-order chi connectivity index (χ0) is 17.2. The van der Waals surface area contributed by atoms with Crippen molar-refractivity contribution in [3.8, 4) is 0 Å². The lowest BCUT2D eigenvalue weighted by atomic mass is 10.0. The number of nitrogens with one attached hydrogen (secondary N) is 1. The average Bonchev–Trinajstić information content (AvgIpc) is 3.11. The lowest BCUT2D eigenvalue weighted by molar-refractivity contribution is -0.124. The summed E-state index contributed by atoms with van der Waals surface area (Å²) < 4.78 is 5.18. The molecule has 0 radical (unpaired) electrons. The summed E-state index contributed by atoms with van der Waals surface area (Å²) in [5, 5.41) is 13.0. The summed E-state index contributed by atoms with van der Waals surface area (Å²) in [6.45, 7) is 1.50. The standard InChI is InChI=1S/C18H20N2O4/c1-18(23,15-7-4-10-24-15)12-19-16(21)11-20-14-6-3-2-5-13(14)8-9-17(20)22/h2-7,10,23H,8-9,11-12H2,1H3,(H,19,21). The molecule has 0 spiro atoms. The molecule has 0 bridgehead atoms. The summed E-state index contributed by atoms with van der Waals surface area (Å²) >= 11 is 0. The fourth-order valence-corrected chi connectivity index (χ4v) is 2.81. The number of para-hydroxylation sites is 1. The summed E-state index contributed by atoms with van der Waals surface area (Å²) in [6.07, 6.45) is 2.56. The van der Waals surface area contributed by atoms with E-state index in [2.05, 4.69) is 5.32 Å². The Morgan fingerprint density at radius 1 is 1.29 bits per heavy atom. The second kappa shape index (κ2) is 6.49. The third-order valence-electron chi connectivity index (χ3n) is 4.18. The van der Waals surface area contributed by atoms with E-state index in [4.69, 9.17) is 4.42 Å². The van der Waals surface area contributed by atoms with E-state index in [1.165, 1.54) is 11.2 Å². The first-order valence-corrected chi connectivity index (χ1v) is 7.89. The van der Waals surface area contributed by atoms with E-state index in [0.717, 1.165) is 11.3 Å². The van der Waals surface area contributed by atoms with Gasteiger partial charge in [0.2, 0.25) is 11.8 Å². The minimum Gasteiger partial charge on any atom is -0.466 e. The molecule has 126 valence electrons. The molecule has 0 aliphatic carbocycles. The molecule has 2 amide bonds. The number of carbonyl (C=O) groups is 2. The predicted octanol–water partition coefficient (Wildman–Crippen LogP) is 1.58. The number of amides is 2. The molecule has 1 aromatic carbocycles. The Kier molecular flexibility index (Phi) is 4.40. The molecular formula is C18H20N2O4. The topological polar surface area (TPSA) is 82.8 Å². The minimum absolute atomic E-state index is 0.00300. The van der Waals surface area contributed by atoms with Crippen molar-refractivity contribution in [3.05, 3.63) is 54.0 Å². The number of fused-ring (bicyclic) bond motifs is 1. The fraction of sp³-hybridized carbons (Fsp3) is 0.333. The summed E-state index contributed by atoms with van der Waals surface area (Å²) in [6, 6.07) is 10.9. The van der Waals surface area contributed by atoms with Crippen molar-refractivity contribution in [3.63, 3.8) is 0 Å². The van der Waals surface area contributed by atoms with Gasteiger partial charge in [-0.2, -0.15) is 0 Å². The molecule has 2 aromatic rings. The van der Waals surface area contributed by atoms with Gasteiger partial charge in [-0.25, -0.2) is 0 Å². The predicted molar refractivity (Wildman–Crippen MR) is 88.4 cm³/mol. The number of hydrogen-bond donors (Lipinski definition) is 2. The maximum Gasteiger partial charge on any atom is 0.240 e. The minimum atomic E-state index is -1.30. The second-order valence-electron chi connectivity index (χ2n) is 6.14. The van der Waals surface area contributed by atoms with Crippen LogP contribution >= 0.6 is 0 Å². The SMILES string of the molecule is CC(O)(CNC(=O)CN1C(=O)CCc2ccccc21)c1ccco1. The van der Waals surface area contributed by atoms with Gasteiger partial charge in [0, 0.05) is 12.1 Å². The van der Waals surface area contributed by atoms with Gasteiger partial charge in [-0.3, -0.25) is 9.59 Å². The maximum absolute atomic E-state index is 12.2. The van der Waals surface area contributed by atoms with E-state index in [1.807, 2.05) is 24.3 Å². The normalized spacial score (nSPS) is 16.4. The van der Waals surface area contributed by atoms with E-state index in [1.54, 1.807) is 19.1 Å². The number of aryl methyl sites for hydroxylation is 1. The Hall–Kier alpha value is -2.60. The Balaban J connectivity index is 1.64. The van der Waals surface area contributed by atoms with Crippen LogP contribution in [0, 0.1) is 0 Å². The number of anilines is 1. The molecule has 0 fully saturated rings. The molecule has 1 atom stereocenters. The third kappa shape index (κ3) is 3.33. The van der Waals surface area contributed by atoms with Gasteiger partial charge in [0.15, 0.2) is 0 Å². The van der Waals surface area contributed by atoms with Crippen LogP contribution < -0.4 is 10.2 Å². The van der Waals surface area contributed by atoms with Crippen molar-refractivity contribution >= 4 is 17.5 Å². The van der Waals surface area contributed by atoms with Crippen LogP contribution in [0.1, 0.15) is 24.7 Å². The zero-order valence-electron chi connectivity index (χ0n) is 13.5. The first kappa shape index (κ1) is 16.3. The Labute approximate surface area is 140 Å². The number of hydrogen-bond acceptors (Lipinski definition) is 4. The molecule has 0 saturated carbocycles. The Morgan fingerprint density at radius 2 is 2.08 bits per heavy atom. The number of carbonyl (C=O) groups excluding carboxylic acids is 2. The van der Waals surface area contributed by atoms with Crippen molar-refractivity contribution in [2.24, 2.45) is 0 Å². The molecule has 6 heteroatoms. The van der Waals surface area contributed by atoms with E-state index in [0.29, 0.717) is 18.6 Å². The van der Waals surface area contributed by atoms with Gasteiger partial charge in [0.1, 0.15) is 17.9 Å². The highest BCUT2D eigenvalue weighted by Gasteiger charge is 2.29. The maximum atomic E-state index is 12.2. The monoisotopic (exact) mass is 328 g/mol. The van der Waals surface area contributed by atoms with Crippen LogP contribution in [0.3, 0.4) is 0 Å². The number of nitrogens with zero attached hydrogens (tertiary/aromatic N) is 1. The van der Waals surface area contributed by atoms with Crippen LogP contribution in [0.25, 0.3) is 0 Å². The first-order valence-electron chi connectivity index (χ1n) is 7.89. The second-order valence-corrected chi connectivity index (χ2v) is 6.14. The van der Waals surface area contributed by atoms with Gasteiger partial charge >= 0.3 is 0 Å². The number of benzene rings is 1. The van der Waals surface area contributed by atoms with Crippen LogP contribution in [-0.4, -0.2) is 30.0 Å². The van der Waals surface area contributed by atoms with E-state index < -0.39 is 5.60 Å². The van der Waals surface area contributed by atoms with Crippen LogP contribution in [0.5, 0.6) is 0 Å². The molecule has 6 nitrogen and oxygen atoms in total. The molecule has 1 aliphatic rings. The van der Waals surface area contributed by atoms with Crippen LogP contribution in [0.2, 0.25) is 0 Å². The molecule has 3 rings (SSSR count). The number of furan rings is 1. The molecule has 2 heterocycles. The highest BCUT2D eigenvalue weighted by atomic mass is 16.4. The first-order chi connectivity index (χ1) is 11.5. The van der Waals surface area contributed by atoms with E-state index >= 15 is 0 Å². The number of aliphatic hydroxyl groups is 1. The van der Waals surface area contributed by atoms with Crippen molar-refractivity contribution in [1.29, 1.82) is 0 Å². The van der Waals surface area contributed by atoms with Crippen LogP contribution in [0.4, 0.5) is 5.69 Å². The fourth-order valence-electron chi connectivity index (χ4n) is 2.81. The Bertz CT molecular complexity index is 737. The van der Waals surface area contributed by atoms with E-state index in [9.17, 15) is 14.7 Å². The van der Waals surface area contributed by atoms with Crippen molar-refractivity contribution < 1.29 is 19.1 Å². The van der Waals surface area contributed by atoms with Crippen molar-refractivity contribution in [1.82, 2.24) is 5.32 Å². The largest absolute Gasteiger partial charge is 0.466 e. The quantitative estimate of drug-likeness (QED) is 0.873. The van der Waals surface area contributed by atoms with Gasteiger partial charge in [-0.1, -0.05) is 18.2 Å². The van der Waals surface area contributed by atoms with Crippen molar-refractivity contribution in [2.75, 3.05) is 18.0 Å². The third-order valence-corrected chi connectivity index (χ3v) is 4.18. The molecule has 0 saturated heterocycles. The molecule has 1 aliphatic heterocycles. The van der Waals surface area contributed by atoms with Crippen LogP contribution in [-0.2, 0) is 21.6 Å². The van der Waals surface area contributed by atoms with E-state index in [-0.39, 0.29) is 24.9 Å². The molecule has 1 unspecified atom stereocenters. The van der Waals surface area contributed by atoms with Gasteiger partial charge in [-0.15, -0.1) is 0 Å².